The van der Waals surface area contributed by atoms with E-state index in [2.05, 4.69) is 5.32 Å². The Morgan fingerprint density at radius 1 is 1.61 bits per heavy atom. The first-order chi connectivity index (χ1) is 8.31. The minimum atomic E-state index is -0.934. The zero-order valence-electron chi connectivity index (χ0n) is 10.1. The number of thiocarbonyl (C=S) groups is 1. The molecule has 1 rings (SSSR count). The average molecular weight is 289 g/mol. The van der Waals surface area contributed by atoms with Crippen molar-refractivity contribution in [3.05, 3.63) is 29.0 Å². The molecule has 98 valence electrons. The quantitative estimate of drug-likeness (QED) is 0.837. The summed E-state index contributed by atoms with van der Waals surface area (Å²) in [4.78, 5) is 12.2. The van der Waals surface area contributed by atoms with Crippen molar-refractivity contribution in [3.63, 3.8) is 0 Å². The van der Waals surface area contributed by atoms with Crippen molar-refractivity contribution in [2.45, 2.75) is 20.3 Å². The predicted molar refractivity (Wildman–Crippen MR) is 75.2 cm³/mol. The van der Waals surface area contributed by atoms with E-state index >= 15 is 0 Å². The minimum Gasteiger partial charge on any atom is -0.392 e. The van der Waals surface area contributed by atoms with Gasteiger partial charge in [-0.15, -0.1) is 0 Å². The normalized spacial score (nSPS) is 13.8. The summed E-state index contributed by atoms with van der Waals surface area (Å²) in [6.07, 6.45) is 0.475. The highest BCUT2D eigenvalue weighted by Gasteiger charge is 2.34. The molecule has 0 heterocycles. The smallest absolute Gasteiger partial charge is 0.237 e. The van der Waals surface area contributed by atoms with E-state index in [0.717, 1.165) is 0 Å². The highest BCUT2D eigenvalue weighted by atomic mass is 35.5. The molecular weight excluding hydrogens is 275 g/mol. The van der Waals surface area contributed by atoms with Crippen LogP contribution in [0.1, 0.15) is 20.3 Å². The van der Waals surface area contributed by atoms with E-state index in [1.165, 1.54) is 18.2 Å². The van der Waals surface area contributed by atoms with Crippen LogP contribution in [-0.4, -0.2) is 10.9 Å². The first kappa shape index (κ1) is 14.9. The predicted octanol–water partition coefficient (Wildman–Crippen LogP) is 3.12. The number of benzene rings is 1. The Balaban J connectivity index is 2.93. The second-order valence-electron chi connectivity index (χ2n) is 4.13. The molecule has 0 aliphatic heterocycles. The number of halogens is 2. The van der Waals surface area contributed by atoms with Gasteiger partial charge in [0.2, 0.25) is 5.91 Å². The maximum absolute atomic E-state index is 13.0. The van der Waals surface area contributed by atoms with Crippen LogP contribution in [0.2, 0.25) is 5.02 Å². The third-order valence-corrected chi connectivity index (χ3v) is 3.67. The Hall–Kier alpha value is -1.20. The molecule has 3 N–H and O–H groups in total. The van der Waals surface area contributed by atoms with Crippen LogP contribution in [0.25, 0.3) is 0 Å². The van der Waals surface area contributed by atoms with Crippen LogP contribution in [0.15, 0.2) is 18.2 Å². The van der Waals surface area contributed by atoms with Crippen LogP contribution in [-0.2, 0) is 4.79 Å². The lowest BCUT2D eigenvalue weighted by Gasteiger charge is -2.25. The fraction of sp³-hybridized carbons (Fsp3) is 0.333. The molecule has 1 unspecified atom stereocenters. The molecule has 0 aliphatic carbocycles. The molecule has 0 spiro atoms. The number of hydrogen-bond acceptors (Lipinski definition) is 2. The van der Waals surface area contributed by atoms with Gasteiger partial charge in [-0.1, -0.05) is 30.7 Å². The van der Waals surface area contributed by atoms with Gasteiger partial charge >= 0.3 is 0 Å². The van der Waals surface area contributed by atoms with E-state index in [1.54, 1.807) is 6.92 Å². The van der Waals surface area contributed by atoms with Gasteiger partial charge in [0.05, 0.1) is 15.4 Å². The second-order valence-corrected chi connectivity index (χ2v) is 4.98. The van der Waals surface area contributed by atoms with E-state index in [9.17, 15) is 9.18 Å². The minimum absolute atomic E-state index is 0.0543. The topological polar surface area (TPSA) is 55.1 Å². The van der Waals surface area contributed by atoms with Crippen LogP contribution in [0.4, 0.5) is 10.1 Å². The SMILES string of the molecule is CCC(C)(C(=O)Nc1ccc(F)c(Cl)c1)C(N)=S. The fourth-order valence-electron chi connectivity index (χ4n) is 1.29. The molecule has 0 bridgehead atoms. The maximum atomic E-state index is 13.0. The molecule has 3 nitrogen and oxygen atoms in total. The van der Waals surface area contributed by atoms with Crippen molar-refractivity contribution in [1.82, 2.24) is 0 Å². The summed E-state index contributed by atoms with van der Waals surface area (Å²) in [5, 5.41) is 2.57. The van der Waals surface area contributed by atoms with Crippen molar-refractivity contribution in [2.24, 2.45) is 11.1 Å². The van der Waals surface area contributed by atoms with Crippen molar-refractivity contribution in [3.8, 4) is 0 Å². The molecule has 0 fully saturated rings. The molecule has 1 aromatic rings. The number of nitrogens with one attached hydrogen (secondary N) is 1. The third kappa shape index (κ3) is 2.97. The van der Waals surface area contributed by atoms with Gasteiger partial charge < -0.3 is 11.1 Å². The summed E-state index contributed by atoms with van der Waals surface area (Å²) < 4.78 is 13.0. The standard InChI is InChI=1S/C12H14ClFN2OS/c1-3-12(2,10(15)18)11(17)16-7-4-5-9(14)8(13)6-7/h4-6H,3H2,1-2H3,(H2,15,18)(H,16,17). The van der Waals surface area contributed by atoms with E-state index in [4.69, 9.17) is 29.6 Å². The monoisotopic (exact) mass is 288 g/mol. The Labute approximate surface area is 115 Å². The van der Waals surface area contributed by atoms with Gasteiger partial charge in [-0.2, -0.15) is 0 Å². The Kier molecular flexibility index (Phi) is 4.65. The zero-order valence-corrected chi connectivity index (χ0v) is 11.7. The molecule has 0 radical (unpaired) electrons. The molecule has 6 heteroatoms. The average Bonchev–Trinajstić information content (AvgIpc) is 2.32. The number of rotatable bonds is 4. The second kappa shape index (κ2) is 5.63. The molecule has 1 aromatic carbocycles. The number of amides is 1. The van der Waals surface area contributed by atoms with Crippen LogP contribution >= 0.6 is 23.8 Å². The molecule has 0 saturated heterocycles. The lowest BCUT2D eigenvalue weighted by Crippen LogP contribution is -2.43. The number of anilines is 1. The van der Waals surface area contributed by atoms with Gasteiger partial charge in [0.25, 0.3) is 0 Å². The van der Waals surface area contributed by atoms with Gasteiger partial charge in [0.1, 0.15) is 5.82 Å². The number of carbonyl (C=O) groups excluding carboxylic acids is 1. The van der Waals surface area contributed by atoms with Crippen molar-refractivity contribution < 1.29 is 9.18 Å². The molecule has 18 heavy (non-hydrogen) atoms. The first-order valence-electron chi connectivity index (χ1n) is 5.37. The van der Waals surface area contributed by atoms with Crippen molar-refractivity contribution in [1.29, 1.82) is 0 Å². The summed E-state index contributed by atoms with van der Waals surface area (Å²) in [6, 6.07) is 3.95. The Morgan fingerprint density at radius 3 is 2.67 bits per heavy atom. The first-order valence-corrected chi connectivity index (χ1v) is 6.16. The summed E-state index contributed by atoms with van der Waals surface area (Å²) in [5.41, 5.74) is 5.05. The fourth-order valence-corrected chi connectivity index (χ4v) is 1.71. The van der Waals surface area contributed by atoms with Crippen LogP contribution < -0.4 is 11.1 Å². The highest BCUT2D eigenvalue weighted by molar-refractivity contribution is 7.80. The highest BCUT2D eigenvalue weighted by Crippen LogP contribution is 2.25. The molecular formula is C12H14ClFN2OS. The third-order valence-electron chi connectivity index (χ3n) is 2.93. The van der Waals surface area contributed by atoms with Crippen LogP contribution in [0.3, 0.4) is 0 Å². The van der Waals surface area contributed by atoms with Gasteiger partial charge in [-0.3, -0.25) is 4.79 Å². The van der Waals surface area contributed by atoms with Gasteiger partial charge in [-0.05, 0) is 31.5 Å². The van der Waals surface area contributed by atoms with Crippen LogP contribution in [0.5, 0.6) is 0 Å². The van der Waals surface area contributed by atoms with Gasteiger partial charge in [0.15, 0.2) is 0 Å². The molecule has 0 aromatic heterocycles. The van der Waals surface area contributed by atoms with Crippen molar-refractivity contribution >= 4 is 40.4 Å². The van der Waals surface area contributed by atoms with E-state index in [0.29, 0.717) is 12.1 Å². The lowest BCUT2D eigenvalue weighted by molar-refractivity contribution is -0.121. The lowest BCUT2D eigenvalue weighted by atomic mass is 9.86. The summed E-state index contributed by atoms with van der Waals surface area (Å²) in [7, 11) is 0. The molecule has 0 saturated carbocycles. The number of hydrogen-bond donors (Lipinski definition) is 2. The summed E-state index contributed by atoms with van der Waals surface area (Å²) >= 11 is 10.5. The summed E-state index contributed by atoms with van der Waals surface area (Å²) in [6.45, 7) is 3.48. The van der Waals surface area contributed by atoms with Gasteiger partial charge in [0, 0.05) is 5.69 Å². The molecule has 1 atom stereocenters. The van der Waals surface area contributed by atoms with Crippen LogP contribution in [0, 0.1) is 11.2 Å². The zero-order chi connectivity index (χ0) is 13.9. The largest absolute Gasteiger partial charge is 0.392 e. The number of carbonyl (C=O) groups is 1. The maximum Gasteiger partial charge on any atom is 0.237 e. The van der Waals surface area contributed by atoms with E-state index in [-0.39, 0.29) is 15.9 Å². The molecule has 1 amide bonds. The van der Waals surface area contributed by atoms with E-state index < -0.39 is 11.2 Å². The Bertz CT molecular complexity index is 495. The van der Waals surface area contributed by atoms with Crippen molar-refractivity contribution in [2.75, 3.05) is 5.32 Å². The molecule has 0 aliphatic rings. The van der Waals surface area contributed by atoms with Gasteiger partial charge in [-0.25, -0.2) is 4.39 Å². The number of nitrogens with two attached hydrogens (primary N) is 1. The Morgan fingerprint density at radius 2 is 2.22 bits per heavy atom. The summed E-state index contributed by atoms with van der Waals surface area (Å²) in [5.74, 6) is -0.873. The van der Waals surface area contributed by atoms with E-state index in [1.807, 2.05) is 6.92 Å².